The molecule has 1 saturated carbocycles. The molecule has 0 amide bonds. The van der Waals surface area contributed by atoms with Gasteiger partial charge < -0.3 is 28.1 Å². The summed E-state index contributed by atoms with van der Waals surface area (Å²) in [4.78, 5) is 0. The zero-order valence-electron chi connectivity index (χ0n) is 26.5. The average Bonchev–Trinajstić information content (AvgIpc) is 3.33. The number of para-hydroxylation sites is 1. The molecule has 1 aromatic carbocycles. The SMILES string of the molecule is C#C[C@@H](Cl)C[C@H]1[C@H](/C(=C\CCOc2ccccc2)OC2CCCCO2)[C@@H](OC2CCCCO2)C[C@H]1O[Si](C)(C)CCCC. The Balaban J connectivity index is 1.63. The molecule has 3 aliphatic rings. The van der Waals surface area contributed by atoms with Gasteiger partial charge in [0.2, 0.25) is 0 Å². The van der Waals surface area contributed by atoms with Gasteiger partial charge in [0.1, 0.15) is 11.5 Å². The van der Waals surface area contributed by atoms with E-state index in [0.29, 0.717) is 26.1 Å². The molecule has 0 radical (unpaired) electrons. The molecule has 0 spiro atoms. The van der Waals surface area contributed by atoms with Crippen molar-refractivity contribution in [2.45, 2.75) is 127 Å². The van der Waals surface area contributed by atoms with E-state index >= 15 is 0 Å². The lowest BCUT2D eigenvalue weighted by Gasteiger charge is -2.35. The quantitative estimate of drug-likeness (QED) is 0.0599. The first-order chi connectivity index (χ1) is 20.9. The van der Waals surface area contributed by atoms with Crippen molar-refractivity contribution in [3.8, 4) is 18.1 Å². The molecule has 0 N–H and O–H groups in total. The Morgan fingerprint density at radius 3 is 2.44 bits per heavy atom. The zero-order chi connectivity index (χ0) is 30.5. The van der Waals surface area contributed by atoms with E-state index < -0.39 is 13.7 Å². The van der Waals surface area contributed by atoms with Gasteiger partial charge in [-0.05, 0) is 88.2 Å². The highest BCUT2D eigenvalue weighted by Gasteiger charge is 2.50. The van der Waals surface area contributed by atoms with Gasteiger partial charge in [0.05, 0.1) is 30.8 Å². The van der Waals surface area contributed by atoms with Crippen LogP contribution in [0.4, 0.5) is 0 Å². The largest absolute Gasteiger partial charge is 0.493 e. The number of alkyl halides is 1. The molecule has 2 saturated heterocycles. The molecule has 0 bridgehead atoms. The normalized spacial score (nSPS) is 29.1. The second-order valence-electron chi connectivity index (χ2n) is 12.8. The van der Waals surface area contributed by atoms with Crippen LogP contribution in [0.2, 0.25) is 19.1 Å². The Kier molecular flexibility index (Phi) is 14.2. The summed E-state index contributed by atoms with van der Waals surface area (Å²) >= 11 is 6.71. The standard InChI is InChI=1S/C35H53ClO6Si/c1-5-7-24-43(3,4)42-31-26-32(41-34-20-12-14-22-39-34)35(29(31)25-27(36)6-2)30(40-33-19-11-13-21-38-33)18-15-23-37-28-16-9-8-10-17-28/h2,8-10,16-18,27,29,31-35H,5,7,11-15,19-26H2,1,3-4H3/b30-18+/t27-,29-,31-,32+,33?,34?,35-/m1/s1. The third kappa shape index (κ3) is 11.1. The van der Waals surface area contributed by atoms with Gasteiger partial charge >= 0.3 is 0 Å². The predicted octanol–water partition coefficient (Wildman–Crippen LogP) is 8.45. The minimum atomic E-state index is -1.94. The fraction of sp³-hybridized carbons (Fsp3) is 0.714. The van der Waals surface area contributed by atoms with Gasteiger partial charge in [0, 0.05) is 25.4 Å². The van der Waals surface area contributed by atoms with Crippen LogP contribution >= 0.6 is 11.6 Å². The van der Waals surface area contributed by atoms with Crippen LogP contribution in [0.5, 0.6) is 5.75 Å². The molecular formula is C35H53ClO6Si. The van der Waals surface area contributed by atoms with E-state index in [-0.39, 0.29) is 36.6 Å². The molecule has 1 aliphatic carbocycles. The molecule has 2 aliphatic heterocycles. The number of ether oxygens (including phenoxy) is 5. The van der Waals surface area contributed by atoms with E-state index in [4.69, 9.17) is 46.1 Å². The first kappa shape index (κ1) is 34.3. The summed E-state index contributed by atoms with van der Waals surface area (Å²) in [5.41, 5.74) is 0. The number of hydrogen-bond acceptors (Lipinski definition) is 6. The first-order valence-electron chi connectivity index (χ1n) is 16.6. The number of benzene rings is 1. The van der Waals surface area contributed by atoms with Crippen LogP contribution in [-0.4, -0.2) is 58.3 Å². The lowest BCUT2D eigenvalue weighted by atomic mass is 9.87. The number of unbranched alkanes of at least 4 members (excludes halogenated alkanes) is 1. The van der Waals surface area contributed by atoms with E-state index in [1.807, 2.05) is 30.3 Å². The third-order valence-corrected chi connectivity index (χ3v) is 11.5. The highest BCUT2D eigenvalue weighted by atomic mass is 35.5. The summed E-state index contributed by atoms with van der Waals surface area (Å²) in [6, 6.07) is 11.0. The van der Waals surface area contributed by atoms with E-state index in [2.05, 4.69) is 32.0 Å². The highest BCUT2D eigenvalue weighted by molar-refractivity contribution is 6.71. The number of hydrogen-bond donors (Lipinski definition) is 0. The van der Waals surface area contributed by atoms with Crippen molar-refractivity contribution in [2.75, 3.05) is 19.8 Å². The lowest BCUT2D eigenvalue weighted by Crippen LogP contribution is -2.39. The van der Waals surface area contributed by atoms with Gasteiger partial charge in [-0.25, -0.2) is 0 Å². The van der Waals surface area contributed by atoms with Crippen molar-refractivity contribution >= 4 is 19.9 Å². The maximum atomic E-state index is 7.08. The summed E-state index contributed by atoms with van der Waals surface area (Å²) in [7, 11) is -1.94. The van der Waals surface area contributed by atoms with Crippen LogP contribution in [0, 0.1) is 24.2 Å². The van der Waals surface area contributed by atoms with Crippen molar-refractivity contribution in [1.82, 2.24) is 0 Å². The topological polar surface area (TPSA) is 55.4 Å². The lowest BCUT2D eigenvalue weighted by molar-refractivity contribution is -0.201. The molecule has 3 fully saturated rings. The van der Waals surface area contributed by atoms with E-state index in [9.17, 15) is 0 Å². The van der Waals surface area contributed by atoms with E-state index in [1.54, 1.807) is 0 Å². The minimum absolute atomic E-state index is 0.0217. The van der Waals surface area contributed by atoms with Crippen LogP contribution in [0.15, 0.2) is 42.2 Å². The summed E-state index contributed by atoms with van der Waals surface area (Å²) in [5, 5.41) is -0.405. The van der Waals surface area contributed by atoms with Crippen LogP contribution < -0.4 is 4.74 Å². The summed E-state index contributed by atoms with van der Waals surface area (Å²) in [6.45, 7) is 8.88. The van der Waals surface area contributed by atoms with Crippen LogP contribution in [0.1, 0.15) is 77.6 Å². The fourth-order valence-electron chi connectivity index (χ4n) is 6.53. The predicted molar refractivity (Wildman–Crippen MR) is 175 cm³/mol. The van der Waals surface area contributed by atoms with Crippen LogP contribution in [0.25, 0.3) is 0 Å². The fourth-order valence-corrected chi connectivity index (χ4v) is 9.15. The van der Waals surface area contributed by atoms with Crippen LogP contribution in [0.3, 0.4) is 0 Å². The smallest absolute Gasteiger partial charge is 0.199 e. The Morgan fingerprint density at radius 2 is 1.79 bits per heavy atom. The molecule has 2 unspecified atom stereocenters. The van der Waals surface area contributed by atoms with Gasteiger partial charge in [-0.2, -0.15) is 0 Å². The Labute approximate surface area is 266 Å². The van der Waals surface area contributed by atoms with Crippen molar-refractivity contribution < 1.29 is 28.1 Å². The molecule has 1 aromatic rings. The van der Waals surface area contributed by atoms with Crippen molar-refractivity contribution in [1.29, 1.82) is 0 Å². The molecule has 8 heteroatoms. The number of halogens is 1. The molecule has 240 valence electrons. The van der Waals surface area contributed by atoms with Crippen LogP contribution in [-0.2, 0) is 23.4 Å². The van der Waals surface area contributed by atoms with Crippen molar-refractivity contribution in [3.05, 3.63) is 42.2 Å². The molecule has 43 heavy (non-hydrogen) atoms. The van der Waals surface area contributed by atoms with Crippen molar-refractivity contribution in [2.24, 2.45) is 11.8 Å². The first-order valence-corrected chi connectivity index (χ1v) is 20.1. The Hall–Kier alpha value is -1.53. The van der Waals surface area contributed by atoms with E-state index in [1.165, 1.54) is 6.42 Å². The van der Waals surface area contributed by atoms with Gasteiger partial charge in [-0.3, -0.25) is 0 Å². The Morgan fingerprint density at radius 1 is 1.07 bits per heavy atom. The maximum absolute atomic E-state index is 7.08. The number of rotatable bonds is 16. The third-order valence-electron chi connectivity index (χ3n) is 8.74. The summed E-state index contributed by atoms with van der Waals surface area (Å²) in [6.07, 6.45) is 17.9. The summed E-state index contributed by atoms with van der Waals surface area (Å²) in [5.74, 6) is 4.47. The minimum Gasteiger partial charge on any atom is -0.493 e. The second kappa shape index (κ2) is 17.8. The highest BCUT2D eigenvalue weighted by Crippen LogP contribution is 2.46. The number of terminal acetylenes is 1. The summed E-state index contributed by atoms with van der Waals surface area (Å²) < 4.78 is 38.8. The van der Waals surface area contributed by atoms with Gasteiger partial charge in [0.15, 0.2) is 20.9 Å². The zero-order valence-corrected chi connectivity index (χ0v) is 28.3. The molecular weight excluding hydrogens is 580 g/mol. The average molecular weight is 633 g/mol. The molecule has 2 heterocycles. The van der Waals surface area contributed by atoms with Gasteiger partial charge in [-0.15, -0.1) is 18.0 Å². The van der Waals surface area contributed by atoms with Gasteiger partial charge in [0.25, 0.3) is 0 Å². The molecule has 0 aromatic heterocycles. The molecule has 6 nitrogen and oxygen atoms in total. The Bertz CT molecular complexity index is 1000. The molecule has 7 atom stereocenters. The van der Waals surface area contributed by atoms with Gasteiger partial charge in [-0.1, -0.05) is 43.9 Å². The maximum Gasteiger partial charge on any atom is 0.199 e. The second-order valence-corrected chi connectivity index (χ2v) is 17.5. The van der Waals surface area contributed by atoms with E-state index in [0.717, 1.165) is 75.5 Å². The molecule has 4 rings (SSSR count). The monoisotopic (exact) mass is 632 g/mol. The van der Waals surface area contributed by atoms with Crippen molar-refractivity contribution in [3.63, 3.8) is 0 Å².